The molecular weight excluding hydrogens is 292 g/mol. The molecule has 88 valence electrons. The number of nitrogens with zero attached hydrogens (tertiary/aromatic N) is 3. The summed E-state index contributed by atoms with van der Waals surface area (Å²) in [5, 5.41) is 6.54. The van der Waals surface area contributed by atoms with Gasteiger partial charge in [0.25, 0.3) is 0 Å². The van der Waals surface area contributed by atoms with Gasteiger partial charge in [-0.2, -0.15) is 5.10 Å². The van der Waals surface area contributed by atoms with E-state index in [1.807, 2.05) is 30.2 Å². The van der Waals surface area contributed by atoms with Gasteiger partial charge in [-0.3, -0.25) is 9.67 Å². The van der Waals surface area contributed by atoms with Crippen LogP contribution in [0.2, 0.25) is 0 Å². The fraction of sp³-hybridized carbons (Fsp3) is 0.0769. The standard InChI is InChI=1S/C13H9BrN4/c1-18-12-4-10-9(2-7(12)5-16-18)13-11(17-10)3-8(14)6-15-13/h2-6,17H,1H3. The second-order valence-electron chi connectivity index (χ2n) is 4.40. The van der Waals surface area contributed by atoms with Crippen LogP contribution in [-0.2, 0) is 7.05 Å². The predicted molar refractivity (Wildman–Crippen MR) is 75.6 cm³/mol. The monoisotopic (exact) mass is 300 g/mol. The summed E-state index contributed by atoms with van der Waals surface area (Å²) >= 11 is 3.44. The maximum Gasteiger partial charge on any atom is 0.0958 e. The molecule has 0 aliphatic carbocycles. The van der Waals surface area contributed by atoms with E-state index in [-0.39, 0.29) is 0 Å². The Morgan fingerprint density at radius 2 is 2.06 bits per heavy atom. The molecule has 1 N–H and O–H groups in total. The molecule has 0 amide bonds. The summed E-state index contributed by atoms with van der Waals surface area (Å²) in [5.41, 5.74) is 4.25. The van der Waals surface area contributed by atoms with Crippen LogP contribution < -0.4 is 0 Å². The molecule has 0 saturated carbocycles. The van der Waals surface area contributed by atoms with E-state index in [2.05, 4.69) is 43.1 Å². The van der Waals surface area contributed by atoms with E-state index in [1.165, 1.54) is 0 Å². The van der Waals surface area contributed by atoms with E-state index >= 15 is 0 Å². The number of pyridine rings is 1. The Kier molecular flexibility index (Phi) is 1.86. The molecule has 0 aliphatic heterocycles. The third kappa shape index (κ3) is 1.25. The van der Waals surface area contributed by atoms with E-state index in [0.717, 1.165) is 37.3 Å². The summed E-state index contributed by atoms with van der Waals surface area (Å²) in [7, 11) is 1.95. The molecule has 0 aliphatic rings. The topological polar surface area (TPSA) is 46.5 Å². The summed E-state index contributed by atoms with van der Waals surface area (Å²) in [4.78, 5) is 7.87. The van der Waals surface area contributed by atoms with Crippen molar-refractivity contribution >= 4 is 48.8 Å². The van der Waals surface area contributed by atoms with Crippen LogP contribution in [0.4, 0.5) is 0 Å². The predicted octanol–water partition coefficient (Wildman–Crippen LogP) is 3.37. The van der Waals surface area contributed by atoms with Gasteiger partial charge in [0.15, 0.2) is 0 Å². The number of hydrogen-bond donors (Lipinski definition) is 1. The van der Waals surface area contributed by atoms with E-state index < -0.39 is 0 Å². The van der Waals surface area contributed by atoms with Crippen molar-refractivity contribution in [3.05, 3.63) is 35.1 Å². The number of fused-ring (bicyclic) bond motifs is 4. The number of H-pyrrole nitrogens is 1. The summed E-state index contributed by atoms with van der Waals surface area (Å²) in [6, 6.07) is 6.30. The SMILES string of the molecule is Cn1ncc2cc3c(cc21)[nH]c1cc(Br)cnc13. The quantitative estimate of drug-likeness (QED) is 0.541. The second kappa shape index (κ2) is 3.32. The van der Waals surface area contributed by atoms with Gasteiger partial charge in [0.2, 0.25) is 0 Å². The molecule has 3 heterocycles. The molecule has 0 radical (unpaired) electrons. The van der Waals surface area contributed by atoms with E-state index in [9.17, 15) is 0 Å². The minimum Gasteiger partial charge on any atom is -0.353 e. The Morgan fingerprint density at radius 1 is 1.17 bits per heavy atom. The molecule has 1 aromatic carbocycles. The normalized spacial score (nSPS) is 11.9. The molecule has 0 spiro atoms. The first kappa shape index (κ1) is 10.1. The maximum absolute atomic E-state index is 4.48. The lowest BCUT2D eigenvalue weighted by molar-refractivity contribution is 0.797. The summed E-state index contributed by atoms with van der Waals surface area (Å²) in [6.07, 6.45) is 3.70. The van der Waals surface area contributed by atoms with Crippen LogP contribution in [0.3, 0.4) is 0 Å². The van der Waals surface area contributed by atoms with Gasteiger partial charge < -0.3 is 4.98 Å². The van der Waals surface area contributed by atoms with Crippen LogP contribution in [-0.4, -0.2) is 19.7 Å². The zero-order chi connectivity index (χ0) is 12.3. The van der Waals surface area contributed by atoms with Crippen LogP contribution in [0.1, 0.15) is 0 Å². The number of hydrogen-bond acceptors (Lipinski definition) is 2. The third-order valence-electron chi connectivity index (χ3n) is 3.26. The first-order valence-electron chi connectivity index (χ1n) is 5.61. The van der Waals surface area contributed by atoms with Gasteiger partial charge in [-0.1, -0.05) is 0 Å². The first-order chi connectivity index (χ1) is 8.72. The molecule has 4 aromatic rings. The second-order valence-corrected chi connectivity index (χ2v) is 5.32. The number of halogens is 1. The number of aryl methyl sites for hydroxylation is 1. The largest absolute Gasteiger partial charge is 0.353 e. The lowest BCUT2D eigenvalue weighted by Crippen LogP contribution is -1.88. The molecule has 0 fully saturated rings. The van der Waals surface area contributed by atoms with Crippen LogP contribution in [0, 0.1) is 0 Å². The highest BCUT2D eigenvalue weighted by atomic mass is 79.9. The Hall–Kier alpha value is -1.88. The van der Waals surface area contributed by atoms with Gasteiger partial charge in [0.1, 0.15) is 0 Å². The Labute approximate surface area is 111 Å². The Balaban J connectivity index is 2.24. The van der Waals surface area contributed by atoms with E-state index in [4.69, 9.17) is 0 Å². The molecule has 4 rings (SSSR count). The van der Waals surface area contributed by atoms with Crippen molar-refractivity contribution in [3.8, 4) is 0 Å². The molecule has 0 unspecified atom stereocenters. The smallest absolute Gasteiger partial charge is 0.0958 e. The fourth-order valence-electron chi connectivity index (χ4n) is 2.39. The van der Waals surface area contributed by atoms with Gasteiger partial charge >= 0.3 is 0 Å². The van der Waals surface area contributed by atoms with Crippen LogP contribution >= 0.6 is 15.9 Å². The Morgan fingerprint density at radius 3 is 2.94 bits per heavy atom. The molecular formula is C13H9BrN4. The lowest BCUT2D eigenvalue weighted by Gasteiger charge is -1.95. The lowest BCUT2D eigenvalue weighted by atomic mass is 10.2. The van der Waals surface area contributed by atoms with Crippen molar-refractivity contribution in [2.24, 2.45) is 7.05 Å². The Bertz CT molecular complexity index is 903. The van der Waals surface area contributed by atoms with Crippen molar-refractivity contribution in [2.75, 3.05) is 0 Å². The molecule has 0 bridgehead atoms. The number of aromatic nitrogens is 4. The highest BCUT2D eigenvalue weighted by molar-refractivity contribution is 9.10. The maximum atomic E-state index is 4.48. The average Bonchev–Trinajstić information content (AvgIpc) is 2.87. The van der Waals surface area contributed by atoms with E-state index in [1.54, 1.807) is 0 Å². The summed E-state index contributed by atoms with van der Waals surface area (Å²) in [6.45, 7) is 0. The highest BCUT2D eigenvalue weighted by Crippen LogP contribution is 2.29. The number of nitrogens with one attached hydrogen (secondary N) is 1. The minimum atomic E-state index is 0.979. The molecule has 3 aromatic heterocycles. The third-order valence-corrected chi connectivity index (χ3v) is 3.70. The van der Waals surface area contributed by atoms with Crippen LogP contribution in [0.25, 0.3) is 32.8 Å². The van der Waals surface area contributed by atoms with Crippen LogP contribution in [0.15, 0.2) is 35.1 Å². The van der Waals surface area contributed by atoms with Gasteiger partial charge in [-0.05, 0) is 34.1 Å². The average molecular weight is 301 g/mol. The van der Waals surface area contributed by atoms with Gasteiger partial charge in [0, 0.05) is 28.5 Å². The van der Waals surface area contributed by atoms with Gasteiger partial charge in [-0.15, -0.1) is 0 Å². The van der Waals surface area contributed by atoms with Gasteiger partial charge in [-0.25, -0.2) is 0 Å². The first-order valence-corrected chi connectivity index (χ1v) is 6.40. The number of rotatable bonds is 0. The minimum absolute atomic E-state index is 0.979. The number of aromatic amines is 1. The summed E-state index contributed by atoms with van der Waals surface area (Å²) < 4.78 is 2.86. The van der Waals surface area contributed by atoms with Crippen molar-refractivity contribution in [2.45, 2.75) is 0 Å². The molecule has 4 nitrogen and oxygen atoms in total. The number of benzene rings is 1. The molecule has 18 heavy (non-hydrogen) atoms. The fourth-order valence-corrected chi connectivity index (χ4v) is 2.72. The van der Waals surface area contributed by atoms with Crippen molar-refractivity contribution in [1.29, 1.82) is 0 Å². The zero-order valence-corrected chi connectivity index (χ0v) is 11.2. The molecule has 0 atom stereocenters. The van der Waals surface area contributed by atoms with Crippen molar-refractivity contribution in [3.63, 3.8) is 0 Å². The van der Waals surface area contributed by atoms with Crippen molar-refractivity contribution in [1.82, 2.24) is 19.7 Å². The van der Waals surface area contributed by atoms with Crippen LogP contribution in [0.5, 0.6) is 0 Å². The summed E-state index contributed by atoms with van der Waals surface area (Å²) in [5.74, 6) is 0. The molecule has 0 saturated heterocycles. The highest BCUT2D eigenvalue weighted by Gasteiger charge is 2.09. The zero-order valence-electron chi connectivity index (χ0n) is 9.61. The van der Waals surface area contributed by atoms with Gasteiger partial charge in [0.05, 0.1) is 28.3 Å². The van der Waals surface area contributed by atoms with Crippen molar-refractivity contribution < 1.29 is 0 Å². The molecule has 5 heteroatoms. The van der Waals surface area contributed by atoms with E-state index in [0.29, 0.717) is 0 Å².